The number of hydrogen-bond donors (Lipinski definition) is 2. The Hall–Kier alpha value is -1.76. The van der Waals surface area contributed by atoms with Crippen LogP contribution in [0.25, 0.3) is 0 Å². The van der Waals surface area contributed by atoms with Gasteiger partial charge in [0.25, 0.3) is 0 Å². The zero-order valence-corrected chi connectivity index (χ0v) is 11.3. The van der Waals surface area contributed by atoms with Crippen molar-refractivity contribution in [2.75, 3.05) is 4.90 Å². The van der Waals surface area contributed by atoms with E-state index in [-0.39, 0.29) is 11.3 Å². The first-order valence-electron chi connectivity index (χ1n) is 5.82. The van der Waals surface area contributed by atoms with Crippen LogP contribution in [0.5, 0.6) is 0 Å². The fourth-order valence-electron chi connectivity index (χ4n) is 1.86. The molecular formula is C13H16F3NO3. The Morgan fingerprint density at radius 2 is 1.80 bits per heavy atom. The number of carboxylic acid groups (broad SMARTS) is 1. The van der Waals surface area contributed by atoms with Crippen molar-refractivity contribution < 1.29 is 28.2 Å². The van der Waals surface area contributed by atoms with Crippen LogP contribution in [-0.2, 0) is 12.8 Å². The SMILES string of the molecule is CC(C)(C)N(C(=O)O)c1ccc(C(F)(F)F)cc1CO. The fourth-order valence-corrected chi connectivity index (χ4v) is 1.86. The number of rotatable bonds is 2. The van der Waals surface area contributed by atoms with E-state index in [1.165, 1.54) is 0 Å². The van der Waals surface area contributed by atoms with Crippen molar-refractivity contribution in [2.45, 2.75) is 39.1 Å². The van der Waals surface area contributed by atoms with Gasteiger partial charge in [0.05, 0.1) is 17.9 Å². The number of anilines is 1. The van der Waals surface area contributed by atoms with Crippen LogP contribution in [0.15, 0.2) is 18.2 Å². The van der Waals surface area contributed by atoms with E-state index in [4.69, 9.17) is 0 Å². The van der Waals surface area contributed by atoms with E-state index in [0.717, 1.165) is 23.1 Å². The van der Waals surface area contributed by atoms with Gasteiger partial charge in [0.15, 0.2) is 0 Å². The molecule has 0 aliphatic carbocycles. The predicted molar refractivity (Wildman–Crippen MR) is 67.6 cm³/mol. The number of alkyl halides is 3. The van der Waals surface area contributed by atoms with E-state index in [1.807, 2.05) is 0 Å². The van der Waals surface area contributed by atoms with Crippen molar-refractivity contribution in [2.24, 2.45) is 0 Å². The van der Waals surface area contributed by atoms with Crippen molar-refractivity contribution in [1.82, 2.24) is 0 Å². The molecule has 0 radical (unpaired) electrons. The second-order valence-electron chi connectivity index (χ2n) is 5.29. The lowest BCUT2D eigenvalue weighted by Gasteiger charge is -2.34. The third-order valence-corrected chi connectivity index (χ3v) is 2.68. The average Bonchev–Trinajstić information content (AvgIpc) is 2.25. The molecule has 1 amide bonds. The van der Waals surface area contributed by atoms with E-state index >= 15 is 0 Å². The molecule has 7 heteroatoms. The fraction of sp³-hybridized carbons (Fsp3) is 0.462. The van der Waals surface area contributed by atoms with Gasteiger partial charge in [-0.15, -0.1) is 0 Å². The normalized spacial score (nSPS) is 12.3. The number of nitrogens with zero attached hydrogens (tertiary/aromatic N) is 1. The second-order valence-corrected chi connectivity index (χ2v) is 5.29. The Kier molecular flexibility index (Phi) is 4.33. The molecule has 0 spiro atoms. The maximum atomic E-state index is 12.6. The molecule has 0 atom stereocenters. The first-order valence-corrected chi connectivity index (χ1v) is 5.82. The molecule has 0 saturated carbocycles. The largest absolute Gasteiger partial charge is 0.465 e. The van der Waals surface area contributed by atoms with Gasteiger partial charge >= 0.3 is 12.3 Å². The van der Waals surface area contributed by atoms with Crippen LogP contribution in [0.3, 0.4) is 0 Å². The molecule has 20 heavy (non-hydrogen) atoms. The number of halogens is 3. The standard InChI is InChI=1S/C13H16F3NO3/c1-12(2,3)17(11(19)20)10-5-4-9(13(14,15)16)6-8(10)7-18/h4-6,18H,7H2,1-3H3,(H,19,20). The van der Waals surface area contributed by atoms with E-state index in [1.54, 1.807) is 20.8 Å². The highest BCUT2D eigenvalue weighted by Gasteiger charge is 2.34. The number of hydrogen-bond acceptors (Lipinski definition) is 2. The third-order valence-electron chi connectivity index (χ3n) is 2.68. The van der Waals surface area contributed by atoms with Gasteiger partial charge in [0, 0.05) is 11.1 Å². The molecule has 0 bridgehead atoms. The van der Waals surface area contributed by atoms with E-state index < -0.39 is 30.0 Å². The molecule has 1 rings (SSSR count). The van der Waals surface area contributed by atoms with Crippen LogP contribution in [0, 0.1) is 0 Å². The van der Waals surface area contributed by atoms with Crippen molar-refractivity contribution in [3.05, 3.63) is 29.3 Å². The molecule has 1 aromatic rings. The molecular weight excluding hydrogens is 275 g/mol. The van der Waals surface area contributed by atoms with Gasteiger partial charge in [0.1, 0.15) is 0 Å². The Morgan fingerprint density at radius 3 is 2.15 bits per heavy atom. The van der Waals surface area contributed by atoms with Gasteiger partial charge < -0.3 is 10.2 Å². The summed E-state index contributed by atoms with van der Waals surface area (Å²) in [6.07, 6.45) is -5.84. The molecule has 0 saturated heterocycles. The quantitative estimate of drug-likeness (QED) is 0.877. The minimum absolute atomic E-state index is 0.0421. The third kappa shape index (κ3) is 3.41. The Morgan fingerprint density at radius 1 is 1.25 bits per heavy atom. The topological polar surface area (TPSA) is 60.8 Å². The van der Waals surface area contributed by atoms with Crippen molar-refractivity contribution in [3.8, 4) is 0 Å². The van der Waals surface area contributed by atoms with Gasteiger partial charge in [-0.3, -0.25) is 4.90 Å². The molecule has 0 aliphatic heterocycles. The highest BCUT2D eigenvalue weighted by molar-refractivity contribution is 5.88. The number of aliphatic hydroxyl groups excluding tert-OH is 1. The molecule has 0 unspecified atom stereocenters. The highest BCUT2D eigenvalue weighted by atomic mass is 19.4. The summed E-state index contributed by atoms with van der Waals surface area (Å²) in [4.78, 5) is 12.2. The lowest BCUT2D eigenvalue weighted by Crippen LogP contribution is -2.45. The molecule has 4 nitrogen and oxygen atoms in total. The van der Waals surface area contributed by atoms with Gasteiger partial charge in [-0.2, -0.15) is 13.2 Å². The summed E-state index contributed by atoms with van der Waals surface area (Å²) in [7, 11) is 0. The zero-order chi connectivity index (χ0) is 15.7. The number of amides is 1. The number of benzene rings is 1. The van der Waals surface area contributed by atoms with Crippen LogP contribution in [-0.4, -0.2) is 21.8 Å². The lowest BCUT2D eigenvalue weighted by molar-refractivity contribution is -0.137. The van der Waals surface area contributed by atoms with E-state index in [0.29, 0.717) is 0 Å². The smallest absolute Gasteiger partial charge is 0.416 e. The maximum absolute atomic E-state index is 12.6. The van der Waals surface area contributed by atoms with Crippen LogP contribution >= 0.6 is 0 Å². The van der Waals surface area contributed by atoms with Gasteiger partial charge in [0.2, 0.25) is 0 Å². The molecule has 0 fully saturated rings. The van der Waals surface area contributed by atoms with Gasteiger partial charge in [-0.25, -0.2) is 4.79 Å². The molecule has 1 aromatic carbocycles. The van der Waals surface area contributed by atoms with E-state index in [2.05, 4.69) is 0 Å². The second kappa shape index (κ2) is 5.32. The van der Waals surface area contributed by atoms with Crippen molar-refractivity contribution >= 4 is 11.8 Å². The number of carbonyl (C=O) groups is 1. The Balaban J connectivity index is 3.41. The van der Waals surface area contributed by atoms with Gasteiger partial charge in [-0.1, -0.05) is 0 Å². The predicted octanol–water partition coefficient (Wildman–Crippen LogP) is 3.48. The monoisotopic (exact) mass is 291 g/mol. The minimum atomic E-state index is -4.54. The lowest BCUT2D eigenvalue weighted by atomic mass is 10.0. The van der Waals surface area contributed by atoms with Crippen LogP contribution in [0.4, 0.5) is 23.7 Å². The molecule has 0 heterocycles. The molecule has 112 valence electrons. The maximum Gasteiger partial charge on any atom is 0.416 e. The molecule has 2 N–H and O–H groups in total. The minimum Gasteiger partial charge on any atom is -0.465 e. The zero-order valence-electron chi connectivity index (χ0n) is 11.3. The summed E-state index contributed by atoms with van der Waals surface area (Å²) >= 11 is 0. The average molecular weight is 291 g/mol. The van der Waals surface area contributed by atoms with Crippen LogP contribution < -0.4 is 4.90 Å². The van der Waals surface area contributed by atoms with Crippen molar-refractivity contribution in [3.63, 3.8) is 0 Å². The van der Waals surface area contributed by atoms with Crippen molar-refractivity contribution in [1.29, 1.82) is 0 Å². The summed E-state index contributed by atoms with van der Waals surface area (Å²) < 4.78 is 37.9. The van der Waals surface area contributed by atoms with Gasteiger partial charge in [-0.05, 0) is 39.0 Å². The first-order chi connectivity index (χ1) is 8.98. The van der Waals surface area contributed by atoms with E-state index in [9.17, 15) is 28.2 Å². The summed E-state index contributed by atoms with van der Waals surface area (Å²) in [5.41, 5.74) is -1.82. The highest BCUT2D eigenvalue weighted by Crippen LogP contribution is 2.34. The Bertz CT molecular complexity index is 507. The Labute approximate surface area is 114 Å². The molecule has 0 aliphatic rings. The number of aliphatic hydroxyl groups is 1. The van der Waals surface area contributed by atoms with Crippen LogP contribution in [0.1, 0.15) is 31.9 Å². The van der Waals surface area contributed by atoms with Crippen LogP contribution in [0.2, 0.25) is 0 Å². The summed E-state index contributed by atoms with van der Waals surface area (Å²) in [5.74, 6) is 0. The summed E-state index contributed by atoms with van der Waals surface area (Å²) in [6.45, 7) is 4.15. The first kappa shape index (κ1) is 16.3. The summed E-state index contributed by atoms with van der Waals surface area (Å²) in [5, 5.41) is 18.5. The summed E-state index contributed by atoms with van der Waals surface area (Å²) in [6, 6.07) is 2.63. The molecule has 0 aromatic heterocycles.